The van der Waals surface area contributed by atoms with Gasteiger partial charge in [0.05, 0.1) is 11.4 Å². The van der Waals surface area contributed by atoms with E-state index in [-0.39, 0.29) is 0 Å². The van der Waals surface area contributed by atoms with Gasteiger partial charge in [0.15, 0.2) is 0 Å². The Hall–Kier alpha value is -2.67. The topological polar surface area (TPSA) is 12.4 Å². The third kappa shape index (κ3) is 4.03. The largest absolute Gasteiger partial charge is 0.248 e. The summed E-state index contributed by atoms with van der Waals surface area (Å²) in [6.45, 7) is 4.73. The van der Waals surface area contributed by atoms with Crippen LogP contribution in [0.3, 0.4) is 0 Å². The molecule has 0 radical (unpaired) electrons. The van der Waals surface area contributed by atoms with Crippen LogP contribution in [0.4, 0.5) is 5.69 Å². The van der Waals surface area contributed by atoms with Crippen LogP contribution in [-0.4, -0.2) is 5.71 Å². The predicted octanol–water partition coefficient (Wildman–Crippen LogP) is 7.01. The molecule has 1 heteroatoms. The number of hydrogen-bond donors (Lipinski definition) is 0. The zero-order chi connectivity index (χ0) is 18.6. The normalized spacial score (nSPS) is 19.8. The Labute approximate surface area is 162 Å². The Morgan fingerprint density at radius 2 is 1.30 bits per heavy atom. The Morgan fingerprint density at radius 1 is 0.778 bits per heavy atom. The molecule has 0 spiro atoms. The molecule has 1 nitrogen and oxygen atoms in total. The maximum Gasteiger partial charge on any atom is 0.0781 e. The van der Waals surface area contributed by atoms with E-state index in [1.54, 1.807) is 0 Å². The SMILES string of the molecule is CC1CC(C(C)c2ccc(N=C(c3ccccc3)c3ccccc3)cc2)C1. The zero-order valence-corrected chi connectivity index (χ0v) is 16.2. The van der Waals surface area contributed by atoms with Crippen molar-refractivity contribution in [2.45, 2.75) is 32.6 Å². The van der Waals surface area contributed by atoms with E-state index in [4.69, 9.17) is 4.99 Å². The summed E-state index contributed by atoms with van der Waals surface area (Å²) in [7, 11) is 0. The molecule has 1 aliphatic carbocycles. The molecular weight excluding hydrogens is 326 g/mol. The Balaban J connectivity index is 1.63. The van der Waals surface area contributed by atoms with Crippen LogP contribution in [0, 0.1) is 11.8 Å². The van der Waals surface area contributed by atoms with Gasteiger partial charge < -0.3 is 0 Å². The van der Waals surface area contributed by atoms with Gasteiger partial charge in [-0.15, -0.1) is 0 Å². The van der Waals surface area contributed by atoms with Crippen LogP contribution in [0.1, 0.15) is 49.3 Å². The minimum absolute atomic E-state index is 0.641. The Morgan fingerprint density at radius 3 is 1.78 bits per heavy atom. The molecule has 0 aromatic heterocycles. The monoisotopic (exact) mass is 353 g/mol. The molecule has 0 saturated heterocycles. The quantitative estimate of drug-likeness (QED) is 0.438. The molecular formula is C26H27N. The molecule has 1 aliphatic rings. The molecule has 3 aromatic rings. The van der Waals surface area contributed by atoms with Crippen molar-refractivity contribution in [1.82, 2.24) is 0 Å². The minimum atomic E-state index is 0.641. The van der Waals surface area contributed by atoms with Gasteiger partial charge in [-0.2, -0.15) is 0 Å². The van der Waals surface area contributed by atoms with E-state index in [1.807, 2.05) is 12.1 Å². The maximum atomic E-state index is 5.01. The molecule has 4 rings (SSSR count). The van der Waals surface area contributed by atoms with Crippen molar-refractivity contribution in [3.63, 3.8) is 0 Å². The van der Waals surface area contributed by atoms with Crippen molar-refractivity contribution < 1.29 is 0 Å². The molecule has 0 aliphatic heterocycles. The van der Waals surface area contributed by atoms with E-state index in [9.17, 15) is 0 Å². The molecule has 1 fully saturated rings. The minimum Gasteiger partial charge on any atom is -0.248 e. The van der Waals surface area contributed by atoms with Gasteiger partial charge in [-0.3, -0.25) is 0 Å². The first-order valence-corrected chi connectivity index (χ1v) is 10.00. The summed E-state index contributed by atoms with van der Waals surface area (Å²) in [6.07, 6.45) is 2.74. The summed E-state index contributed by atoms with van der Waals surface area (Å²) < 4.78 is 0. The van der Waals surface area contributed by atoms with Crippen molar-refractivity contribution in [3.8, 4) is 0 Å². The van der Waals surface area contributed by atoms with Crippen molar-refractivity contribution in [2.24, 2.45) is 16.8 Å². The third-order valence-corrected chi connectivity index (χ3v) is 5.87. The van der Waals surface area contributed by atoms with E-state index >= 15 is 0 Å². The van der Waals surface area contributed by atoms with Gasteiger partial charge in [-0.1, -0.05) is 86.6 Å². The van der Waals surface area contributed by atoms with Gasteiger partial charge in [-0.25, -0.2) is 4.99 Å². The molecule has 1 saturated carbocycles. The fraction of sp³-hybridized carbons (Fsp3) is 0.269. The number of hydrogen-bond acceptors (Lipinski definition) is 1. The van der Waals surface area contributed by atoms with Gasteiger partial charge in [0.1, 0.15) is 0 Å². The second-order valence-corrected chi connectivity index (χ2v) is 7.91. The van der Waals surface area contributed by atoms with Gasteiger partial charge in [0.25, 0.3) is 0 Å². The average Bonchev–Trinajstić information content (AvgIpc) is 2.71. The van der Waals surface area contributed by atoms with Gasteiger partial charge >= 0.3 is 0 Å². The molecule has 3 aromatic carbocycles. The Kier molecular flexibility index (Phi) is 5.20. The molecule has 0 N–H and O–H groups in total. The third-order valence-electron chi connectivity index (χ3n) is 5.87. The van der Waals surface area contributed by atoms with E-state index in [1.165, 1.54) is 18.4 Å². The van der Waals surface area contributed by atoms with Crippen molar-refractivity contribution in [1.29, 1.82) is 0 Å². The van der Waals surface area contributed by atoms with E-state index in [0.717, 1.165) is 34.4 Å². The smallest absolute Gasteiger partial charge is 0.0781 e. The predicted molar refractivity (Wildman–Crippen MR) is 115 cm³/mol. The lowest BCUT2D eigenvalue weighted by Crippen LogP contribution is -2.25. The lowest BCUT2D eigenvalue weighted by molar-refractivity contribution is 0.183. The molecule has 0 amide bonds. The fourth-order valence-corrected chi connectivity index (χ4v) is 4.11. The summed E-state index contributed by atoms with van der Waals surface area (Å²) in [6, 6.07) is 29.7. The van der Waals surface area contributed by atoms with Crippen LogP contribution in [0.5, 0.6) is 0 Å². The highest BCUT2D eigenvalue weighted by atomic mass is 14.7. The number of nitrogens with zero attached hydrogens (tertiary/aromatic N) is 1. The van der Waals surface area contributed by atoms with Gasteiger partial charge in [0.2, 0.25) is 0 Å². The van der Waals surface area contributed by atoms with E-state index in [0.29, 0.717) is 5.92 Å². The van der Waals surface area contributed by atoms with Crippen LogP contribution in [0.2, 0.25) is 0 Å². The summed E-state index contributed by atoms with van der Waals surface area (Å²) >= 11 is 0. The van der Waals surface area contributed by atoms with Crippen molar-refractivity contribution >= 4 is 11.4 Å². The van der Waals surface area contributed by atoms with Crippen LogP contribution in [-0.2, 0) is 0 Å². The first kappa shape index (κ1) is 17.7. The summed E-state index contributed by atoms with van der Waals surface area (Å²) in [5, 5.41) is 0. The Bertz CT molecular complexity index is 846. The van der Waals surface area contributed by atoms with E-state index in [2.05, 4.69) is 86.6 Å². The second kappa shape index (κ2) is 7.92. The lowest BCUT2D eigenvalue weighted by Gasteiger charge is -2.37. The molecule has 0 bridgehead atoms. The van der Waals surface area contributed by atoms with Gasteiger partial charge in [0, 0.05) is 11.1 Å². The number of rotatable bonds is 5. The molecule has 0 heterocycles. The molecule has 27 heavy (non-hydrogen) atoms. The lowest BCUT2D eigenvalue weighted by atomic mass is 9.68. The molecule has 136 valence electrons. The van der Waals surface area contributed by atoms with Crippen LogP contribution < -0.4 is 0 Å². The first-order valence-electron chi connectivity index (χ1n) is 10.00. The van der Waals surface area contributed by atoms with Crippen molar-refractivity contribution in [3.05, 3.63) is 102 Å². The maximum absolute atomic E-state index is 5.01. The van der Waals surface area contributed by atoms with Crippen LogP contribution in [0.25, 0.3) is 0 Å². The first-order chi connectivity index (χ1) is 13.2. The number of aliphatic imine (C=N–C) groups is 1. The van der Waals surface area contributed by atoms with Crippen molar-refractivity contribution in [2.75, 3.05) is 0 Å². The summed E-state index contributed by atoms with van der Waals surface area (Å²) in [5.74, 6) is 2.39. The average molecular weight is 354 g/mol. The van der Waals surface area contributed by atoms with Crippen LogP contribution >= 0.6 is 0 Å². The van der Waals surface area contributed by atoms with Gasteiger partial charge in [-0.05, 0) is 48.3 Å². The molecule has 1 unspecified atom stereocenters. The second-order valence-electron chi connectivity index (χ2n) is 7.91. The van der Waals surface area contributed by atoms with Crippen LogP contribution in [0.15, 0.2) is 89.9 Å². The highest BCUT2D eigenvalue weighted by molar-refractivity contribution is 6.13. The summed E-state index contributed by atoms with van der Waals surface area (Å²) in [4.78, 5) is 5.01. The summed E-state index contributed by atoms with van der Waals surface area (Å²) in [5.41, 5.74) is 5.75. The number of benzene rings is 3. The van der Waals surface area contributed by atoms with E-state index < -0.39 is 0 Å². The zero-order valence-electron chi connectivity index (χ0n) is 16.2. The standard InChI is InChI=1S/C26H27N/c1-19-17-24(18-19)20(2)21-13-15-25(16-14-21)27-26(22-9-5-3-6-10-22)23-11-7-4-8-12-23/h3-16,19-20,24H,17-18H2,1-2H3. The highest BCUT2D eigenvalue weighted by Gasteiger charge is 2.30. The molecule has 1 atom stereocenters. The highest BCUT2D eigenvalue weighted by Crippen LogP contribution is 2.43. The fourth-order valence-electron chi connectivity index (χ4n) is 4.11.